The Hall–Kier alpha value is -2.13. The second-order valence-electron chi connectivity index (χ2n) is 6.79. The Kier molecular flexibility index (Phi) is 6.02. The Morgan fingerprint density at radius 3 is 2.60 bits per heavy atom. The van der Waals surface area contributed by atoms with Crippen molar-refractivity contribution in [1.29, 1.82) is 0 Å². The van der Waals surface area contributed by atoms with E-state index >= 15 is 0 Å². The molecular weight excluding hydrogens is 465 g/mol. The SMILES string of the molecule is O=C(Nc1ncc(Cc2ccc(Cl)cc2Cl)s1)c1ccc(N2CCCS2(=O)=O)cc1. The van der Waals surface area contributed by atoms with Crippen LogP contribution in [-0.4, -0.2) is 31.6 Å². The highest BCUT2D eigenvalue weighted by molar-refractivity contribution is 7.93. The molecule has 0 aliphatic carbocycles. The third kappa shape index (κ3) is 4.62. The van der Waals surface area contributed by atoms with E-state index < -0.39 is 10.0 Å². The molecule has 1 N–H and O–H groups in total. The van der Waals surface area contributed by atoms with Gasteiger partial charge in [0.15, 0.2) is 5.13 Å². The first-order valence-corrected chi connectivity index (χ1v) is 12.3. The van der Waals surface area contributed by atoms with Gasteiger partial charge in [0.1, 0.15) is 0 Å². The highest BCUT2D eigenvalue weighted by atomic mass is 35.5. The van der Waals surface area contributed by atoms with Crippen molar-refractivity contribution in [3.05, 3.63) is 74.7 Å². The highest BCUT2D eigenvalue weighted by Crippen LogP contribution is 2.28. The topological polar surface area (TPSA) is 79.4 Å². The van der Waals surface area contributed by atoms with Crippen LogP contribution in [0.15, 0.2) is 48.7 Å². The quantitative estimate of drug-likeness (QED) is 0.565. The van der Waals surface area contributed by atoms with E-state index in [0.29, 0.717) is 45.8 Å². The third-order valence-electron chi connectivity index (χ3n) is 4.67. The Labute approximate surface area is 188 Å². The predicted molar refractivity (Wildman–Crippen MR) is 122 cm³/mol. The third-order valence-corrected chi connectivity index (χ3v) is 8.04. The number of sulfonamides is 1. The van der Waals surface area contributed by atoms with Crippen molar-refractivity contribution < 1.29 is 13.2 Å². The van der Waals surface area contributed by atoms with Gasteiger partial charge in [0.2, 0.25) is 10.0 Å². The summed E-state index contributed by atoms with van der Waals surface area (Å²) >= 11 is 13.5. The molecule has 0 radical (unpaired) electrons. The van der Waals surface area contributed by atoms with Crippen molar-refractivity contribution in [2.75, 3.05) is 21.9 Å². The first-order chi connectivity index (χ1) is 14.3. The summed E-state index contributed by atoms with van der Waals surface area (Å²) in [6.45, 7) is 0.466. The highest BCUT2D eigenvalue weighted by Gasteiger charge is 2.28. The van der Waals surface area contributed by atoms with E-state index in [4.69, 9.17) is 23.2 Å². The summed E-state index contributed by atoms with van der Waals surface area (Å²) < 4.78 is 25.4. The van der Waals surface area contributed by atoms with Crippen molar-refractivity contribution in [2.45, 2.75) is 12.8 Å². The number of nitrogens with one attached hydrogen (secondary N) is 1. The lowest BCUT2D eigenvalue weighted by atomic mass is 10.1. The van der Waals surface area contributed by atoms with E-state index in [1.165, 1.54) is 15.6 Å². The second-order valence-corrected chi connectivity index (χ2v) is 10.8. The number of nitrogens with zero attached hydrogens (tertiary/aromatic N) is 2. The molecule has 1 saturated heterocycles. The van der Waals surface area contributed by atoms with Crippen LogP contribution in [0.3, 0.4) is 0 Å². The molecule has 1 amide bonds. The van der Waals surface area contributed by atoms with Crippen LogP contribution in [-0.2, 0) is 16.4 Å². The molecule has 3 aromatic rings. The van der Waals surface area contributed by atoms with Gasteiger partial charge in [0, 0.05) is 39.6 Å². The number of aromatic nitrogens is 1. The Balaban J connectivity index is 1.42. The van der Waals surface area contributed by atoms with Gasteiger partial charge in [-0.2, -0.15) is 0 Å². The van der Waals surface area contributed by atoms with Gasteiger partial charge in [0.05, 0.1) is 11.4 Å². The van der Waals surface area contributed by atoms with Crippen molar-refractivity contribution in [3.63, 3.8) is 0 Å². The minimum absolute atomic E-state index is 0.156. The minimum atomic E-state index is -3.24. The number of hydrogen-bond donors (Lipinski definition) is 1. The van der Waals surface area contributed by atoms with Gasteiger partial charge in [-0.1, -0.05) is 29.3 Å². The number of rotatable bonds is 5. The smallest absolute Gasteiger partial charge is 0.257 e. The maximum absolute atomic E-state index is 12.5. The Bertz CT molecular complexity index is 1190. The zero-order valence-corrected chi connectivity index (χ0v) is 18.8. The first kappa shape index (κ1) is 21.1. The molecule has 2 heterocycles. The Morgan fingerprint density at radius 1 is 1.17 bits per heavy atom. The van der Waals surface area contributed by atoms with Crippen LogP contribution in [0, 0.1) is 0 Å². The molecule has 0 atom stereocenters. The van der Waals surface area contributed by atoms with Gasteiger partial charge in [0.25, 0.3) is 5.91 Å². The van der Waals surface area contributed by atoms with Crippen LogP contribution in [0.25, 0.3) is 0 Å². The lowest BCUT2D eigenvalue weighted by Crippen LogP contribution is -2.25. The molecule has 2 aromatic carbocycles. The van der Waals surface area contributed by atoms with E-state index in [9.17, 15) is 13.2 Å². The zero-order valence-electron chi connectivity index (χ0n) is 15.6. The zero-order chi connectivity index (χ0) is 21.3. The van der Waals surface area contributed by atoms with Crippen LogP contribution in [0.4, 0.5) is 10.8 Å². The van der Waals surface area contributed by atoms with Crippen LogP contribution in [0.1, 0.15) is 27.2 Å². The number of halogens is 2. The second kappa shape index (κ2) is 8.55. The van der Waals surface area contributed by atoms with Gasteiger partial charge in [-0.3, -0.25) is 14.4 Å². The van der Waals surface area contributed by atoms with Crippen molar-refractivity contribution in [2.24, 2.45) is 0 Å². The monoisotopic (exact) mass is 481 g/mol. The van der Waals surface area contributed by atoms with Gasteiger partial charge in [-0.25, -0.2) is 13.4 Å². The summed E-state index contributed by atoms with van der Waals surface area (Å²) in [6.07, 6.45) is 2.90. The molecule has 0 spiro atoms. The first-order valence-electron chi connectivity index (χ1n) is 9.12. The summed E-state index contributed by atoms with van der Waals surface area (Å²) in [5.74, 6) is -0.153. The number of benzene rings is 2. The van der Waals surface area contributed by atoms with Crippen molar-refractivity contribution in [3.8, 4) is 0 Å². The molecule has 30 heavy (non-hydrogen) atoms. The molecule has 1 aromatic heterocycles. The van der Waals surface area contributed by atoms with E-state index in [1.807, 2.05) is 6.07 Å². The molecule has 6 nitrogen and oxygen atoms in total. The minimum Gasteiger partial charge on any atom is -0.298 e. The Morgan fingerprint density at radius 2 is 1.93 bits per heavy atom. The van der Waals surface area contributed by atoms with Crippen LogP contribution >= 0.6 is 34.5 Å². The number of amides is 1. The number of thiazole rings is 1. The number of carbonyl (C=O) groups is 1. The largest absolute Gasteiger partial charge is 0.298 e. The molecule has 4 rings (SSSR count). The fourth-order valence-corrected chi connectivity index (χ4v) is 6.05. The molecule has 156 valence electrons. The molecule has 1 fully saturated rings. The molecule has 0 unspecified atom stereocenters. The average molecular weight is 482 g/mol. The number of hydrogen-bond acceptors (Lipinski definition) is 5. The molecule has 1 aliphatic rings. The number of carbonyl (C=O) groups excluding carboxylic acids is 1. The average Bonchev–Trinajstić information content (AvgIpc) is 3.29. The molecule has 10 heteroatoms. The van der Waals surface area contributed by atoms with Crippen LogP contribution in [0.5, 0.6) is 0 Å². The van der Waals surface area contributed by atoms with Crippen LogP contribution in [0.2, 0.25) is 10.0 Å². The summed E-state index contributed by atoms with van der Waals surface area (Å²) in [7, 11) is -3.24. The molecular formula is C20H17Cl2N3O3S2. The summed E-state index contributed by atoms with van der Waals surface area (Å²) in [6, 6.07) is 11.9. The van der Waals surface area contributed by atoms with E-state index in [-0.39, 0.29) is 11.7 Å². The van der Waals surface area contributed by atoms with Gasteiger partial charge in [-0.05, 0) is 48.4 Å². The molecule has 0 bridgehead atoms. The lowest BCUT2D eigenvalue weighted by Gasteiger charge is -2.16. The predicted octanol–water partition coefficient (Wildman–Crippen LogP) is 4.83. The van der Waals surface area contributed by atoms with Gasteiger partial charge in [-0.15, -0.1) is 11.3 Å². The lowest BCUT2D eigenvalue weighted by molar-refractivity contribution is 0.102. The molecule has 0 saturated carbocycles. The summed E-state index contributed by atoms with van der Waals surface area (Å²) in [5, 5.41) is 4.42. The van der Waals surface area contributed by atoms with E-state index in [1.54, 1.807) is 42.6 Å². The maximum atomic E-state index is 12.5. The van der Waals surface area contributed by atoms with Gasteiger partial charge >= 0.3 is 0 Å². The van der Waals surface area contributed by atoms with Crippen LogP contribution < -0.4 is 9.62 Å². The summed E-state index contributed by atoms with van der Waals surface area (Å²) in [5.41, 5.74) is 1.92. The summed E-state index contributed by atoms with van der Waals surface area (Å²) in [4.78, 5) is 17.7. The number of anilines is 2. The van der Waals surface area contributed by atoms with Crippen molar-refractivity contribution in [1.82, 2.24) is 4.98 Å². The van der Waals surface area contributed by atoms with E-state index in [0.717, 1.165) is 10.4 Å². The maximum Gasteiger partial charge on any atom is 0.257 e. The fraction of sp³-hybridized carbons (Fsp3) is 0.200. The molecule has 1 aliphatic heterocycles. The van der Waals surface area contributed by atoms with Crippen molar-refractivity contribution >= 4 is 61.3 Å². The van der Waals surface area contributed by atoms with E-state index in [2.05, 4.69) is 10.3 Å². The standard InChI is InChI=1S/C20H17Cl2N3O3S2/c21-15-5-2-14(18(22)11-15)10-17-12-23-20(29-17)24-19(26)13-3-6-16(7-4-13)25-8-1-9-30(25,27)28/h2-7,11-12H,1,8-10H2,(H,23,24,26). The normalized spacial score (nSPS) is 15.3. The van der Waals surface area contributed by atoms with Gasteiger partial charge < -0.3 is 0 Å². The fourth-order valence-electron chi connectivity index (χ4n) is 3.18.